The molecule has 1 heteroatoms. The van der Waals surface area contributed by atoms with Crippen molar-refractivity contribution in [2.75, 3.05) is 0 Å². The Kier molecular flexibility index (Phi) is 1.97. The molecule has 0 aromatic carbocycles. The molecule has 0 aromatic heterocycles. The van der Waals surface area contributed by atoms with Gasteiger partial charge in [-0.3, -0.25) is 4.85 Å². The fourth-order valence-electron chi connectivity index (χ4n) is 1.43. The second kappa shape index (κ2) is 2.76. The van der Waals surface area contributed by atoms with Crippen molar-refractivity contribution in [1.29, 1.82) is 0 Å². The number of nitrogens with zero attached hydrogens (tertiary/aromatic N) is 1. The van der Waals surface area contributed by atoms with Crippen LogP contribution in [0, 0.1) is 18.9 Å². The summed E-state index contributed by atoms with van der Waals surface area (Å²) in [6.45, 7) is 6.93. The van der Waals surface area contributed by atoms with E-state index in [-0.39, 0.29) is 0 Å². The summed E-state index contributed by atoms with van der Waals surface area (Å²) in [5.41, 5.74) is -0.418. The zero-order valence-corrected chi connectivity index (χ0v) is 6.06. The Morgan fingerprint density at radius 3 is 2.20 bits per heavy atom. The summed E-state index contributed by atoms with van der Waals surface area (Å²) in [4.78, 5) is 3.51. The van der Waals surface area contributed by atoms with E-state index in [0.717, 1.165) is 25.7 Å². The van der Waals surface area contributed by atoms with E-state index in [1.807, 2.05) is 0 Å². The maximum Gasteiger partial charge on any atom is 0.291 e. The van der Waals surface area contributed by atoms with Crippen molar-refractivity contribution < 1.29 is 0 Å². The molecular formula is C9H11N. The van der Waals surface area contributed by atoms with E-state index in [4.69, 9.17) is 13.0 Å². The van der Waals surface area contributed by atoms with Crippen LogP contribution in [0.4, 0.5) is 0 Å². The summed E-state index contributed by atoms with van der Waals surface area (Å²) in [7, 11) is 0. The minimum Gasteiger partial charge on any atom is -0.296 e. The molecule has 0 N–H and O–H groups in total. The highest BCUT2D eigenvalue weighted by molar-refractivity contribution is 5.20. The van der Waals surface area contributed by atoms with Crippen molar-refractivity contribution >= 4 is 0 Å². The molecule has 1 nitrogen and oxygen atoms in total. The van der Waals surface area contributed by atoms with Crippen molar-refractivity contribution in [2.24, 2.45) is 0 Å². The Balaban J connectivity index is 2.67. The fourth-order valence-corrected chi connectivity index (χ4v) is 1.43. The second-order valence-electron chi connectivity index (χ2n) is 2.85. The lowest BCUT2D eigenvalue weighted by Crippen LogP contribution is -2.24. The van der Waals surface area contributed by atoms with Crippen LogP contribution in [0.15, 0.2) is 0 Å². The first-order chi connectivity index (χ1) is 4.83. The van der Waals surface area contributed by atoms with Crippen LogP contribution >= 0.6 is 0 Å². The van der Waals surface area contributed by atoms with E-state index in [2.05, 4.69) is 10.8 Å². The highest BCUT2D eigenvalue weighted by Crippen LogP contribution is 2.30. The third-order valence-electron chi connectivity index (χ3n) is 2.16. The first kappa shape index (κ1) is 7.16. The first-order valence-corrected chi connectivity index (χ1v) is 3.69. The van der Waals surface area contributed by atoms with Gasteiger partial charge in [0, 0.05) is 12.8 Å². The molecule has 0 aromatic rings. The maximum atomic E-state index is 6.93. The number of hydrogen-bond donors (Lipinski definition) is 0. The average Bonchev–Trinajstić information content (AvgIpc) is 2.06. The van der Waals surface area contributed by atoms with Gasteiger partial charge in [-0.05, 0) is 18.8 Å². The zero-order chi connectivity index (χ0) is 7.45. The van der Waals surface area contributed by atoms with Crippen molar-refractivity contribution in [2.45, 2.75) is 37.6 Å². The largest absolute Gasteiger partial charge is 0.296 e. The van der Waals surface area contributed by atoms with Gasteiger partial charge in [0.15, 0.2) is 0 Å². The van der Waals surface area contributed by atoms with Gasteiger partial charge in [-0.1, -0.05) is 6.42 Å². The Morgan fingerprint density at radius 1 is 1.30 bits per heavy atom. The molecule has 10 heavy (non-hydrogen) atoms. The predicted molar refractivity (Wildman–Crippen MR) is 41.3 cm³/mol. The van der Waals surface area contributed by atoms with Gasteiger partial charge in [0.25, 0.3) is 5.54 Å². The zero-order valence-electron chi connectivity index (χ0n) is 6.06. The molecule has 1 rings (SSSR count). The van der Waals surface area contributed by atoms with Crippen LogP contribution in [-0.2, 0) is 0 Å². The van der Waals surface area contributed by atoms with Crippen LogP contribution in [0.25, 0.3) is 4.85 Å². The molecule has 0 aliphatic heterocycles. The monoisotopic (exact) mass is 133 g/mol. The maximum absolute atomic E-state index is 6.93. The molecule has 0 amide bonds. The quantitative estimate of drug-likeness (QED) is 0.352. The van der Waals surface area contributed by atoms with Crippen LogP contribution < -0.4 is 0 Å². The summed E-state index contributed by atoms with van der Waals surface area (Å²) in [5, 5.41) is 0. The number of terminal acetylenes is 1. The summed E-state index contributed by atoms with van der Waals surface area (Å²) in [5.74, 6) is 2.61. The third kappa shape index (κ3) is 1.14. The van der Waals surface area contributed by atoms with Gasteiger partial charge in [-0.15, -0.1) is 6.42 Å². The van der Waals surface area contributed by atoms with Crippen molar-refractivity contribution in [3.05, 3.63) is 11.4 Å². The lowest BCUT2D eigenvalue weighted by Gasteiger charge is -2.19. The summed E-state index contributed by atoms with van der Waals surface area (Å²) in [6, 6.07) is 0. The van der Waals surface area contributed by atoms with Crippen molar-refractivity contribution in [1.82, 2.24) is 0 Å². The minimum atomic E-state index is -0.418. The summed E-state index contributed by atoms with van der Waals surface area (Å²) < 4.78 is 0. The summed E-state index contributed by atoms with van der Waals surface area (Å²) >= 11 is 0. The summed E-state index contributed by atoms with van der Waals surface area (Å²) in [6.07, 6.45) is 10.6. The van der Waals surface area contributed by atoms with E-state index >= 15 is 0 Å². The van der Waals surface area contributed by atoms with Gasteiger partial charge < -0.3 is 0 Å². The molecular weight excluding hydrogens is 122 g/mol. The molecule has 0 saturated heterocycles. The average molecular weight is 133 g/mol. The second-order valence-corrected chi connectivity index (χ2v) is 2.85. The molecule has 0 heterocycles. The van der Waals surface area contributed by atoms with Crippen molar-refractivity contribution in [3.63, 3.8) is 0 Å². The van der Waals surface area contributed by atoms with Gasteiger partial charge in [0.05, 0.1) is 0 Å². The molecule has 0 unspecified atom stereocenters. The van der Waals surface area contributed by atoms with Gasteiger partial charge in [0.2, 0.25) is 0 Å². The Bertz CT molecular complexity index is 170. The van der Waals surface area contributed by atoms with E-state index in [1.54, 1.807) is 0 Å². The minimum absolute atomic E-state index is 0.418. The van der Waals surface area contributed by atoms with Crippen LogP contribution in [0.5, 0.6) is 0 Å². The Morgan fingerprint density at radius 2 is 1.90 bits per heavy atom. The first-order valence-electron chi connectivity index (χ1n) is 3.69. The van der Waals surface area contributed by atoms with Crippen LogP contribution in [0.1, 0.15) is 32.1 Å². The SMILES string of the molecule is [C-]#[N+]C1(C#C)CCCCC1. The Labute approximate surface area is 62.3 Å². The van der Waals surface area contributed by atoms with E-state index in [1.165, 1.54) is 6.42 Å². The highest BCUT2D eigenvalue weighted by Gasteiger charge is 2.35. The number of hydrogen-bond acceptors (Lipinski definition) is 0. The molecule has 1 fully saturated rings. The van der Waals surface area contributed by atoms with Crippen molar-refractivity contribution in [3.8, 4) is 12.3 Å². The van der Waals surface area contributed by atoms with Crippen LogP contribution in [0.3, 0.4) is 0 Å². The van der Waals surface area contributed by atoms with E-state index in [0.29, 0.717) is 0 Å². The van der Waals surface area contributed by atoms with Gasteiger partial charge >= 0.3 is 0 Å². The molecule has 1 saturated carbocycles. The van der Waals surface area contributed by atoms with Crippen LogP contribution in [-0.4, -0.2) is 5.54 Å². The topological polar surface area (TPSA) is 4.36 Å². The number of rotatable bonds is 0. The molecule has 1 aliphatic carbocycles. The Hall–Kier alpha value is -0.950. The molecule has 0 atom stereocenters. The smallest absolute Gasteiger partial charge is 0.291 e. The molecule has 0 spiro atoms. The van der Waals surface area contributed by atoms with Gasteiger partial charge in [-0.25, -0.2) is 6.57 Å². The standard InChI is InChI=1S/C9H11N/c1-3-9(10-2)7-5-4-6-8-9/h1H,4-8H2. The van der Waals surface area contributed by atoms with E-state index in [9.17, 15) is 0 Å². The highest BCUT2D eigenvalue weighted by atomic mass is 14.8. The molecule has 0 bridgehead atoms. The van der Waals surface area contributed by atoms with E-state index < -0.39 is 5.54 Å². The van der Waals surface area contributed by atoms with Gasteiger partial charge in [-0.2, -0.15) is 0 Å². The van der Waals surface area contributed by atoms with Gasteiger partial charge in [0.1, 0.15) is 0 Å². The molecule has 0 radical (unpaired) electrons. The predicted octanol–water partition coefficient (Wildman–Crippen LogP) is 2.24. The normalized spacial score (nSPS) is 22.6. The molecule has 1 aliphatic rings. The molecule has 52 valence electrons. The lowest BCUT2D eigenvalue weighted by molar-refractivity contribution is 0.417. The van der Waals surface area contributed by atoms with Crippen LogP contribution in [0.2, 0.25) is 0 Å². The lowest BCUT2D eigenvalue weighted by atomic mass is 9.83. The third-order valence-corrected chi connectivity index (χ3v) is 2.16. The fraction of sp³-hybridized carbons (Fsp3) is 0.667.